The predicted octanol–water partition coefficient (Wildman–Crippen LogP) is 3.20. The number of rotatable bonds is 3. The number of hydrogen-bond donors (Lipinski definition) is 0. The van der Waals surface area contributed by atoms with Crippen molar-refractivity contribution in [3.8, 4) is 5.75 Å². The highest BCUT2D eigenvalue weighted by Gasteiger charge is 2.30. The van der Waals surface area contributed by atoms with Crippen LogP contribution in [0.5, 0.6) is 5.75 Å². The molecule has 0 aliphatic carbocycles. The van der Waals surface area contributed by atoms with Gasteiger partial charge < -0.3 is 4.74 Å². The number of methoxy groups -OCH3 is 1. The lowest BCUT2D eigenvalue weighted by molar-refractivity contribution is 0.378. The number of sulfonamides is 1. The summed E-state index contributed by atoms with van der Waals surface area (Å²) in [4.78, 5) is 0.198. The van der Waals surface area contributed by atoms with E-state index in [1.54, 1.807) is 18.2 Å². The predicted molar refractivity (Wildman–Crippen MR) is 88.4 cm³/mol. The SMILES string of the molecule is COc1ccc(Br)cc1S(=O)(=O)N1CCc2ccccc2C1. The van der Waals surface area contributed by atoms with Gasteiger partial charge in [-0.15, -0.1) is 0 Å². The summed E-state index contributed by atoms with van der Waals surface area (Å²) in [6, 6.07) is 13.0. The van der Waals surface area contributed by atoms with Crippen molar-refractivity contribution in [2.75, 3.05) is 13.7 Å². The molecule has 1 aliphatic rings. The molecule has 4 nitrogen and oxygen atoms in total. The molecule has 0 saturated heterocycles. The van der Waals surface area contributed by atoms with Crippen LogP contribution < -0.4 is 4.74 Å². The molecule has 2 aromatic carbocycles. The van der Waals surface area contributed by atoms with Crippen LogP contribution >= 0.6 is 15.9 Å². The van der Waals surface area contributed by atoms with E-state index in [0.29, 0.717) is 23.3 Å². The molecule has 1 heterocycles. The fraction of sp³-hybridized carbons (Fsp3) is 0.250. The van der Waals surface area contributed by atoms with Crippen LogP contribution in [0.15, 0.2) is 51.8 Å². The summed E-state index contributed by atoms with van der Waals surface area (Å²) in [5, 5.41) is 0. The molecule has 3 rings (SSSR count). The van der Waals surface area contributed by atoms with Crippen molar-refractivity contribution in [1.82, 2.24) is 4.31 Å². The van der Waals surface area contributed by atoms with E-state index in [2.05, 4.69) is 22.0 Å². The molecule has 0 unspecified atom stereocenters. The Labute approximate surface area is 138 Å². The minimum absolute atomic E-state index is 0.198. The fourth-order valence-electron chi connectivity index (χ4n) is 2.67. The van der Waals surface area contributed by atoms with E-state index < -0.39 is 10.0 Å². The van der Waals surface area contributed by atoms with Crippen molar-refractivity contribution in [3.63, 3.8) is 0 Å². The van der Waals surface area contributed by atoms with E-state index in [-0.39, 0.29) is 4.90 Å². The van der Waals surface area contributed by atoms with Crippen LogP contribution in [0.4, 0.5) is 0 Å². The van der Waals surface area contributed by atoms with E-state index in [4.69, 9.17) is 4.74 Å². The molecule has 0 spiro atoms. The van der Waals surface area contributed by atoms with Crippen molar-refractivity contribution < 1.29 is 13.2 Å². The Balaban J connectivity index is 2.00. The Morgan fingerprint density at radius 2 is 1.86 bits per heavy atom. The van der Waals surface area contributed by atoms with Crippen LogP contribution in [0, 0.1) is 0 Å². The van der Waals surface area contributed by atoms with E-state index >= 15 is 0 Å². The third-order valence-corrected chi connectivity index (χ3v) is 6.20. The molecular weight excluding hydrogens is 366 g/mol. The summed E-state index contributed by atoms with van der Waals surface area (Å²) in [5.41, 5.74) is 2.28. The van der Waals surface area contributed by atoms with Crippen LogP contribution in [-0.4, -0.2) is 26.4 Å². The maximum Gasteiger partial charge on any atom is 0.247 e. The first-order valence-corrected chi connectivity index (χ1v) is 9.16. The fourth-order valence-corrected chi connectivity index (χ4v) is 4.78. The maximum atomic E-state index is 13.0. The van der Waals surface area contributed by atoms with Gasteiger partial charge in [-0.05, 0) is 35.7 Å². The smallest absolute Gasteiger partial charge is 0.247 e. The van der Waals surface area contributed by atoms with E-state index in [9.17, 15) is 8.42 Å². The van der Waals surface area contributed by atoms with Crippen LogP contribution in [0.1, 0.15) is 11.1 Å². The van der Waals surface area contributed by atoms with Gasteiger partial charge in [0.1, 0.15) is 10.6 Å². The van der Waals surface area contributed by atoms with Gasteiger partial charge in [0.15, 0.2) is 0 Å². The Kier molecular flexibility index (Phi) is 4.25. The number of nitrogens with zero attached hydrogens (tertiary/aromatic N) is 1. The highest BCUT2D eigenvalue weighted by atomic mass is 79.9. The molecule has 0 fully saturated rings. The van der Waals surface area contributed by atoms with Gasteiger partial charge >= 0.3 is 0 Å². The lowest BCUT2D eigenvalue weighted by Gasteiger charge is -2.28. The Morgan fingerprint density at radius 3 is 2.59 bits per heavy atom. The number of halogens is 1. The van der Waals surface area contributed by atoms with Gasteiger partial charge in [0.2, 0.25) is 10.0 Å². The molecular formula is C16H16BrNO3S. The van der Waals surface area contributed by atoms with Crippen LogP contribution in [0.2, 0.25) is 0 Å². The zero-order valence-electron chi connectivity index (χ0n) is 12.1. The molecule has 0 amide bonds. The number of hydrogen-bond acceptors (Lipinski definition) is 3. The lowest BCUT2D eigenvalue weighted by Crippen LogP contribution is -2.36. The zero-order valence-corrected chi connectivity index (χ0v) is 14.5. The first-order valence-electron chi connectivity index (χ1n) is 6.93. The van der Waals surface area contributed by atoms with Gasteiger partial charge in [0, 0.05) is 17.6 Å². The Morgan fingerprint density at radius 1 is 1.14 bits per heavy atom. The summed E-state index contributed by atoms with van der Waals surface area (Å²) in [6.07, 6.45) is 0.728. The second-order valence-electron chi connectivity index (χ2n) is 5.15. The van der Waals surface area contributed by atoms with E-state index in [0.717, 1.165) is 12.0 Å². The normalized spacial score (nSPS) is 15.4. The molecule has 1 aliphatic heterocycles. The molecule has 0 radical (unpaired) electrons. The largest absolute Gasteiger partial charge is 0.495 e. The Bertz CT molecular complexity index is 805. The van der Waals surface area contributed by atoms with Gasteiger partial charge in [0.05, 0.1) is 7.11 Å². The highest BCUT2D eigenvalue weighted by Crippen LogP contribution is 2.32. The summed E-state index contributed by atoms with van der Waals surface area (Å²) >= 11 is 3.33. The average molecular weight is 382 g/mol. The minimum atomic E-state index is -3.59. The van der Waals surface area contributed by atoms with Crippen LogP contribution in [0.25, 0.3) is 0 Å². The van der Waals surface area contributed by atoms with Gasteiger partial charge in [-0.1, -0.05) is 40.2 Å². The van der Waals surface area contributed by atoms with Gasteiger partial charge in [0.25, 0.3) is 0 Å². The number of ether oxygens (including phenoxy) is 1. The molecule has 0 aromatic heterocycles. The Hall–Kier alpha value is -1.37. The van der Waals surface area contributed by atoms with Crippen molar-refractivity contribution >= 4 is 26.0 Å². The molecule has 6 heteroatoms. The molecule has 116 valence electrons. The van der Waals surface area contributed by atoms with Crippen molar-refractivity contribution in [1.29, 1.82) is 0 Å². The highest BCUT2D eigenvalue weighted by molar-refractivity contribution is 9.10. The second-order valence-corrected chi connectivity index (χ2v) is 7.97. The van der Waals surface area contributed by atoms with Gasteiger partial charge in [-0.25, -0.2) is 8.42 Å². The molecule has 0 N–H and O–H groups in total. The topological polar surface area (TPSA) is 46.6 Å². The molecule has 0 saturated carbocycles. The third kappa shape index (κ3) is 2.78. The summed E-state index contributed by atoms with van der Waals surface area (Å²) < 4.78 is 33.4. The standard InChI is InChI=1S/C16H16BrNO3S/c1-21-15-7-6-14(17)10-16(15)22(19,20)18-9-8-12-4-2-3-5-13(12)11-18/h2-7,10H,8-9,11H2,1H3. The first kappa shape index (κ1) is 15.5. The number of fused-ring (bicyclic) bond motifs is 1. The maximum absolute atomic E-state index is 13.0. The van der Waals surface area contributed by atoms with Gasteiger partial charge in [-0.2, -0.15) is 4.31 Å². The zero-order chi connectivity index (χ0) is 15.7. The second kappa shape index (κ2) is 6.02. The quantitative estimate of drug-likeness (QED) is 0.819. The monoisotopic (exact) mass is 381 g/mol. The average Bonchev–Trinajstić information content (AvgIpc) is 2.54. The summed E-state index contributed by atoms with van der Waals surface area (Å²) in [6.45, 7) is 0.878. The van der Waals surface area contributed by atoms with Crippen molar-refractivity contribution in [3.05, 3.63) is 58.1 Å². The molecule has 2 aromatic rings. The van der Waals surface area contributed by atoms with Crippen LogP contribution in [-0.2, 0) is 23.0 Å². The van der Waals surface area contributed by atoms with Crippen molar-refractivity contribution in [2.24, 2.45) is 0 Å². The molecule has 0 bridgehead atoms. The van der Waals surface area contributed by atoms with E-state index in [1.165, 1.54) is 17.0 Å². The summed E-state index contributed by atoms with van der Waals surface area (Å²) in [5.74, 6) is 0.363. The summed E-state index contributed by atoms with van der Waals surface area (Å²) in [7, 11) is -2.11. The lowest BCUT2D eigenvalue weighted by atomic mass is 10.0. The first-order chi connectivity index (χ1) is 10.5. The van der Waals surface area contributed by atoms with Crippen LogP contribution in [0.3, 0.4) is 0 Å². The molecule has 0 atom stereocenters. The molecule has 22 heavy (non-hydrogen) atoms. The third-order valence-electron chi connectivity index (χ3n) is 3.84. The number of benzene rings is 2. The minimum Gasteiger partial charge on any atom is -0.495 e. The van der Waals surface area contributed by atoms with E-state index in [1.807, 2.05) is 18.2 Å². The van der Waals surface area contributed by atoms with Crippen molar-refractivity contribution in [2.45, 2.75) is 17.9 Å². The van der Waals surface area contributed by atoms with Gasteiger partial charge in [-0.3, -0.25) is 0 Å².